The van der Waals surface area contributed by atoms with E-state index in [-0.39, 0.29) is 24.6 Å². The van der Waals surface area contributed by atoms with Crippen LogP contribution in [0, 0.1) is 0 Å². The summed E-state index contributed by atoms with van der Waals surface area (Å²) in [4.78, 5) is 23.9. The fourth-order valence-electron chi connectivity index (χ4n) is 6.12. The summed E-state index contributed by atoms with van der Waals surface area (Å²) in [7, 11) is 0. The molecule has 1 heterocycles. The number of ether oxygens (including phenoxy) is 3. The Hall–Kier alpha value is -1.66. The van der Waals surface area contributed by atoms with E-state index in [2.05, 4.69) is 43.5 Å². The topological polar surface area (TPSA) is 73.9 Å². The van der Waals surface area contributed by atoms with Crippen LogP contribution in [0.3, 0.4) is 0 Å². The molecule has 1 amide bonds. The molecule has 0 aromatic heterocycles. The molecule has 0 aromatic carbocycles. The summed E-state index contributed by atoms with van der Waals surface area (Å²) < 4.78 is 17.6. The maximum atomic E-state index is 12.4. The number of esters is 1. The van der Waals surface area contributed by atoms with Gasteiger partial charge in [0, 0.05) is 19.6 Å². The van der Waals surface area contributed by atoms with Crippen molar-refractivity contribution in [1.82, 2.24) is 5.32 Å². The second-order valence-electron chi connectivity index (χ2n) is 14.0. The number of carbonyl (C=O) groups is 2. The number of unbranched alkanes of at least 4 members (excludes halogenated alkanes) is 22. The molecule has 2 atom stereocenters. The summed E-state index contributed by atoms with van der Waals surface area (Å²) in [5.74, 6) is -0.452. The van der Waals surface area contributed by atoms with Gasteiger partial charge in [-0.05, 0) is 70.6 Å². The fraction of sp³-hybridized carbons (Fsp3) is 0.857. The SMILES string of the molecule is CCCCCCCC=CCCCCCCCCOCC(COC(=O)[C@@H]1CCC(=O)N1)OCCCCCCCCC=CCCCCCCC. The van der Waals surface area contributed by atoms with Gasteiger partial charge < -0.3 is 19.5 Å². The summed E-state index contributed by atoms with van der Waals surface area (Å²) in [6.45, 7) is 6.50. The summed E-state index contributed by atoms with van der Waals surface area (Å²) in [5.41, 5.74) is 0. The summed E-state index contributed by atoms with van der Waals surface area (Å²) in [5, 5.41) is 2.69. The van der Waals surface area contributed by atoms with Crippen molar-refractivity contribution >= 4 is 11.9 Å². The molecule has 0 aliphatic carbocycles. The zero-order chi connectivity index (χ0) is 34.6. The van der Waals surface area contributed by atoms with Crippen molar-refractivity contribution in [2.24, 2.45) is 0 Å². The minimum atomic E-state index is -0.526. The van der Waals surface area contributed by atoms with E-state index in [1.807, 2.05) is 0 Å². The quantitative estimate of drug-likeness (QED) is 0.0406. The minimum absolute atomic E-state index is 0.0851. The molecule has 0 aromatic rings. The van der Waals surface area contributed by atoms with Gasteiger partial charge in [-0.2, -0.15) is 0 Å². The van der Waals surface area contributed by atoms with Gasteiger partial charge in [0.05, 0.1) is 6.61 Å². The van der Waals surface area contributed by atoms with Gasteiger partial charge in [-0.25, -0.2) is 4.79 Å². The lowest BCUT2D eigenvalue weighted by Crippen LogP contribution is -2.37. The Morgan fingerprint density at radius 3 is 1.52 bits per heavy atom. The van der Waals surface area contributed by atoms with E-state index in [0.29, 0.717) is 32.7 Å². The largest absolute Gasteiger partial charge is 0.461 e. The normalized spacial score (nSPS) is 15.5. The molecule has 1 unspecified atom stereocenters. The van der Waals surface area contributed by atoms with Crippen molar-refractivity contribution in [3.8, 4) is 0 Å². The van der Waals surface area contributed by atoms with Gasteiger partial charge in [0.1, 0.15) is 18.8 Å². The highest BCUT2D eigenvalue weighted by atomic mass is 16.6. The van der Waals surface area contributed by atoms with Crippen LogP contribution in [0.4, 0.5) is 0 Å². The number of rotatable bonds is 36. The van der Waals surface area contributed by atoms with E-state index in [9.17, 15) is 9.59 Å². The molecule has 1 aliphatic rings. The van der Waals surface area contributed by atoms with Crippen molar-refractivity contribution < 1.29 is 23.8 Å². The van der Waals surface area contributed by atoms with Crippen LogP contribution in [0.15, 0.2) is 24.3 Å². The number of hydrogen-bond acceptors (Lipinski definition) is 5. The standard InChI is InChI=1S/C42H77NO5/c1-3-5-7-9-11-13-15-17-19-21-23-25-27-29-31-35-46-37-39(38-48-42(45)40-33-34-41(44)43-40)47-36-32-30-28-26-24-22-20-18-16-14-12-10-8-6-4-2/h15-18,39-40H,3-14,19-38H2,1-2H3,(H,43,44)/t39?,40-/m0/s1. The smallest absolute Gasteiger partial charge is 0.328 e. The van der Waals surface area contributed by atoms with Gasteiger partial charge in [0.25, 0.3) is 0 Å². The summed E-state index contributed by atoms with van der Waals surface area (Å²) in [6, 6.07) is -0.526. The first-order valence-corrected chi connectivity index (χ1v) is 20.6. The maximum Gasteiger partial charge on any atom is 0.328 e. The van der Waals surface area contributed by atoms with Crippen LogP contribution in [0.25, 0.3) is 0 Å². The highest BCUT2D eigenvalue weighted by Gasteiger charge is 2.29. The van der Waals surface area contributed by atoms with Crippen LogP contribution in [0.2, 0.25) is 0 Å². The minimum Gasteiger partial charge on any atom is -0.461 e. The van der Waals surface area contributed by atoms with Gasteiger partial charge in [0.2, 0.25) is 5.91 Å². The molecule has 48 heavy (non-hydrogen) atoms. The zero-order valence-electron chi connectivity index (χ0n) is 31.6. The number of allylic oxidation sites excluding steroid dienone is 4. The lowest BCUT2D eigenvalue weighted by molar-refractivity contribution is -0.152. The van der Waals surface area contributed by atoms with Crippen molar-refractivity contribution in [1.29, 1.82) is 0 Å². The molecule has 1 saturated heterocycles. The van der Waals surface area contributed by atoms with E-state index < -0.39 is 6.04 Å². The molecule has 0 saturated carbocycles. The Bertz CT molecular complexity index is 782. The number of amides is 1. The van der Waals surface area contributed by atoms with Crippen molar-refractivity contribution in [3.63, 3.8) is 0 Å². The average Bonchev–Trinajstić information content (AvgIpc) is 3.54. The first-order chi connectivity index (χ1) is 23.7. The van der Waals surface area contributed by atoms with E-state index in [1.54, 1.807) is 0 Å². The Labute approximate surface area is 297 Å². The molecule has 0 bridgehead atoms. The van der Waals surface area contributed by atoms with Gasteiger partial charge >= 0.3 is 5.97 Å². The van der Waals surface area contributed by atoms with Crippen LogP contribution >= 0.6 is 0 Å². The van der Waals surface area contributed by atoms with Crippen LogP contribution in [-0.2, 0) is 23.8 Å². The van der Waals surface area contributed by atoms with E-state index in [0.717, 1.165) is 19.3 Å². The van der Waals surface area contributed by atoms with Gasteiger partial charge in [-0.1, -0.05) is 141 Å². The zero-order valence-corrected chi connectivity index (χ0v) is 31.6. The van der Waals surface area contributed by atoms with Crippen molar-refractivity contribution in [3.05, 3.63) is 24.3 Å². The molecule has 280 valence electrons. The van der Waals surface area contributed by atoms with Crippen LogP contribution < -0.4 is 5.32 Å². The molecule has 1 rings (SSSR count). The molecule has 1 fully saturated rings. The predicted molar refractivity (Wildman–Crippen MR) is 202 cm³/mol. The van der Waals surface area contributed by atoms with Gasteiger partial charge in [-0.15, -0.1) is 0 Å². The first kappa shape index (κ1) is 44.4. The van der Waals surface area contributed by atoms with E-state index >= 15 is 0 Å². The fourth-order valence-corrected chi connectivity index (χ4v) is 6.12. The predicted octanol–water partition coefficient (Wildman–Crippen LogP) is 11.5. The molecule has 0 spiro atoms. The second-order valence-corrected chi connectivity index (χ2v) is 14.0. The van der Waals surface area contributed by atoms with Gasteiger partial charge in [0.15, 0.2) is 0 Å². The lowest BCUT2D eigenvalue weighted by atomic mass is 10.1. The summed E-state index contributed by atoms with van der Waals surface area (Å²) in [6.07, 6.45) is 43.3. The number of hydrogen-bond donors (Lipinski definition) is 1. The van der Waals surface area contributed by atoms with E-state index in [1.165, 1.54) is 148 Å². The third kappa shape index (κ3) is 29.3. The Morgan fingerprint density at radius 1 is 0.625 bits per heavy atom. The lowest BCUT2D eigenvalue weighted by Gasteiger charge is -2.19. The van der Waals surface area contributed by atoms with E-state index in [4.69, 9.17) is 14.2 Å². The molecule has 0 radical (unpaired) electrons. The second kappa shape index (κ2) is 35.2. The monoisotopic (exact) mass is 676 g/mol. The molecule has 1 N–H and O–H groups in total. The number of nitrogens with one attached hydrogen (secondary N) is 1. The highest BCUT2D eigenvalue weighted by molar-refractivity contribution is 5.88. The van der Waals surface area contributed by atoms with Crippen molar-refractivity contribution in [2.45, 2.75) is 206 Å². The average molecular weight is 676 g/mol. The maximum absolute atomic E-state index is 12.4. The van der Waals surface area contributed by atoms with Crippen LogP contribution in [0.1, 0.15) is 194 Å². The molecular formula is C42H77NO5. The Morgan fingerprint density at radius 2 is 1.06 bits per heavy atom. The molecule has 6 nitrogen and oxygen atoms in total. The Balaban J connectivity index is 2.09. The van der Waals surface area contributed by atoms with Crippen molar-refractivity contribution in [2.75, 3.05) is 26.4 Å². The third-order valence-electron chi connectivity index (χ3n) is 9.31. The molecule has 1 aliphatic heterocycles. The molecular weight excluding hydrogens is 598 g/mol. The number of carbonyl (C=O) groups excluding carboxylic acids is 2. The third-order valence-corrected chi connectivity index (χ3v) is 9.31. The Kier molecular flexibility index (Phi) is 32.5. The van der Waals surface area contributed by atoms with Crippen LogP contribution in [0.5, 0.6) is 0 Å². The summed E-state index contributed by atoms with van der Waals surface area (Å²) >= 11 is 0. The molecule has 6 heteroatoms. The van der Waals surface area contributed by atoms with Gasteiger partial charge in [-0.3, -0.25) is 4.79 Å². The first-order valence-electron chi connectivity index (χ1n) is 20.6. The highest BCUT2D eigenvalue weighted by Crippen LogP contribution is 2.13. The van der Waals surface area contributed by atoms with Crippen LogP contribution in [-0.4, -0.2) is 50.4 Å².